The fourth-order valence-corrected chi connectivity index (χ4v) is 4.57. The van der Waals surface area contributed by atoms with Gasteiger partial charge in [-0.25, -0.2) is 0 Å². The summed E-state index contributed by atoms with van der Waals surface area (Å²) < 4.78 is 38.6. The van der Waals surface area contributed by atoms with Gasteiger partial charge in [0.1, 0.15) is 11.7 Å². The molecule has 4 nitrogen and oxygen atoms in total. The Labute approximate surface area is 185 Å². The Morgan fingerprint density at radius 2 is 1.72 bits per heavy atom. The average Bonchev–Trinajstić information content (AvgIpc) is 2.99. The molecule has 1 amide bonds. The maximum absolute atomic E-state index is 13.2. The molecule has 1 fully saturated rings. The fourth-order valence-electron chi connectivity index (χ4n) is 4.57. The second-order valence-electron chi connectivity index (χ2n) is 8.63. The first-order chi connectivity index (χ1) is 14.9. The first kappa shape index (κ1) is 23.7. The van der Waals surface area contributed by atoms with Crippen LogP contribution in [0.15, 0.2) is 36.4 Å². The Morgan fingerprint density at radius 1 is 1.09 bits per heavy atom. The normalized spacial score (nSPS) is 19.8. The molecule has 0 radical (unpaired) electrons. The van der Waals surface area contributed by atoms with E-state index in [-0.39, 0.29) is 24.5 Å². The van der Waals surface area contributed by atoms with E-state index < -0.39 is 35.4 Å². The first-order valence-electron chi connectivity index (χ1n) is 10.5. The van der Waals surface area contributed by atoms with E-state index >= 15 is 0 Å². The van der Waals surface area contributed by atoms with Crippen molar-refractivity contribution in [2.45, 2.75) is 52.8 Å². The molecule has 0 aromatic heterocycles. The van der Waals surface area contributed by atoms with Crippen molar-refractivity contribution in [3.8, 4) is 0 Å². The van der Waals surface area contributed by atoms with Crippen molar-refractivity contribution in [2.24, 2.45) is 11.8 Å². The van der Waals surface area contributed by atoms with Crippen molar-refractivity contribution in [3.63, 3.8) is 0 Å². The molecule has 0 bridgehead atoms. The van der Waals surface area contributed by atoms with Gasteiger partial charge in [-0.15, -0.1) is 0 Å². The number of Topliss-reactive ketones (excluding diaryl/α,β-unsaturated/α-hetero) is 2. The quantitative estimate of drug-likeness (QED) is 0.671. The number of carbonyl (C=O) groups excluding carboxylic acids is 3. The van der Waals surface area contributed by atoms with Gasteiger partial charge < -0.3 is 5.32 Å². The molecular weight excluding hydrogens is 419 g/mol. The standard InChI is InChI=1S/C25H26F3NO3/c1-13-8-14(2)21(15(3)9-13)22-20(30)11-19(23(22)31)16(4)24(32)29-12-17-6-5-7-18(10-17)25(26,27)28/h5-10,16,19,22H,11-12H2,1-4H3,(H,29,32). The summed E-state index contributed by atoms with van der Waals surface area (Å²) in [6, 6.07) is 8.58. The summed E-state index contributed by atoms with van der Waals surface area (Å²) in [5.74, 6) is -3.34. The van der Waals surface area contributed by atoms with Crippen molar-refractivity contribution in [2.75, 3.05) is 0 Å². The predicted molar refractivity (Wildman–Crippen MR) is 114 cm³/mol. The summed E-state index contributed by atoms with van der Waals surface area (Å²) in [6.45, 7) is 7.17. The zero-order valence-electron chi connectivity index (χ0n) is 18.5. The third-order valence-corrected chi connectivity index (χ3v) is 6.16. The highest BCUT2D eigenvalue weighted by atomic mass is 19.4. The van der Waals surface area contributed by atoms with Crippen LogP contribution in [0.2, 0.25) is 0 Å². The van der Waals surface area contributed by atoms with E-state index in [1.165, 1.54) is 12.1 Å². The van der Waals surface area contributed by atoms with E-state index in [2.05, 4.69) is 5.32 Å². The molecule has 170 valence electrons. The smallest absolute Gasteiger partial charge is 0.352 e. The Kier molecular flexibility index (Phi) is 6.58. The van der Waals surface area contributed by atoms with Gasteiger partial charge in [0.25, 0.3) is 0 Å². The lowest BCUT2D eigenvalue weighted by Crippen LogP contribution is -2.35. The lowest BCUT2D eigenvalue weighted by molar-refractivity contribution is -0.137. The minimum atomic E-state index is -4.47. The van der Waals surface area contributed by atoms with Crippen LogP contribution in [0.5, 0.6) is 0 Å². The summed E-state index contributed by atoms with van der Waals surface area (Å²) in [6.07, 6.45) is -4.49. The number of hydrogen-bond donors (Lipinski definition) is 1. The molecule has 1 aliphatic carbocycles. The number of carbonyl (C=O) groups is 3. The molecule has 0 saturated heterocycles. The minimum absolute atomic E-state index is 0.0194. The molecule has 1 saturated carbocycles. The summed E-state index contributed by atoms with van der Waals surface area (Å²) in [5, 5.41) is 2.60. The maximum Gasteiger partial charge on any atom is 0.416 e. The predicted octanol–water partition coefficient (Wildman–Crippen LogP) is 4.82. The molecule has 7 heteroatoms. The Hall–Kier alpha value is -2.96. The van der Waals surface area contributed by atoms with Crippen LogP contribution in [-0.2, 0) is 27.1 Å². The third kappa shape index (κ3) is 4.76. The summed E-state index contributed by atoms with van der Waals surface area (Å²) in [4.78, 5) is 38.6. The highest BCUT2D eigenvalue weighted by Crippen LogP contribution is 2.39. The molecule has 3 unspecified atom stereocenters. The van der Waals surface area contributed by atoms with Crippen LogP contribution in [0.4, 0.5) is 13.2 Å². The topological polar surface area (TPSA) is 63.2 Å². The van der Waals surface area contributed by atoms with Gasteiger partial charge in [0.15, 0.2) is 5.78 Å². The number of alkyl halides is 3. The van der Waals surface area contributed by atoms with Crippen molar-refractivity contribution in [3.05, 3.63) is 69.8 Å². The number of benzene rings is 2. The van der Waals surface area contributed by atoms with Gasteiger partial charge in [-0.3, -0.25) is 14.4 Å². The lowest BCUT2D eigenvalue weighted by Gasteiger charge is -2.19. The summed E-state index contributed by atoms with van der Waals surface area (Å²) in [7, 11) is 0. The minimum Gasteiger partial charge on any atom is -0.352 e. The van der Waals surface area contributed by atoms with Crippen LogP contribution in [0.25, 0.3) is 0 Å². The molecule has 3 rings (SSSR count). The second-order valence-corrected chi connectivity index (χ2v) is 8.63. The third-order valence-electron chi connectivity index (χ3n) is 6.16. The maximum atomic E-state index is 13.2. The number of rotatable bonds is 5. The molecule has 1 aliphatic rings. The second kappa shape index (κ2) is 8.88. The van der Waals surface area contributed by atoms with Crippen LogP contribution in [0.1, 0.15) is 52.6 Å². The zero-order valence-corrected chi connectivity index (χ0v) is 18.5. The van der Waals surface area contributed by atoms with Gasteiger partial charge in [-0.05, 0) is 55.2 Å². The molecular formula is C25H26F3NO3. The van der Waals surface area contributed by atoms with Crippen molar-refractivity contribution < 1.29 is 27.6 Å². The number of ketones is 2. The molecule has 2 aromatic rings. The molecule has 0 spiro atoms. The summed E-state index contributed by atoms with van der Waals surface area (Å²) in [5.41, 5.74) is 3.01. The van der Waals surface area contributed by atoms with E-state index in [9.17, 15) is 27.6 Å². The molecule has 2 aromatic carbocycles. The highest BCUT2D eigenvalue weighted by Gasteiger charge is 2.46. The first-order valence-corrected chi connectivity index (χ1v) is 10.5. The highest BCUT2D eigenvalue weighted by molar-refractivity contribution is 6.16. The van der Waals surface area contributed by atoms with Crippen LogP contribution in [0, 0.1) is 32.6 Å². The van der Waals surface area contributed by atoms with Crippen LogP contribution in [-0.4, -0.2) is 17.5 Å². The Bertz CT molecular complexity index is 1050. The lowest BCUT2D eigenvalue weighted by atomic mass is 9.84. The van der Waals surface area contributed by atoms with Gasteiger partial charge >= 0.3 is 6.18 Å². The molecule has 1 N–H and O–H groups in total. The number of hydrogen-bond acceptors (Lipinski definition) is 3. The van der Waals surface area contributed by atoms with Gasteiger partial charge in [0, 0.05) is 24.8 Å². The number of amides is 1. The Morgan fingerprint density at radius 3 is 2.31 bits per heavy atom. The van der Waals surface area contributed by atoms with E-state index in [0.29, 0.717) is 11.1 Å². The zero-order chi connectivity index (χ0) is 23.8. The number of aryl methyl sites for hydroxylation is 3. The largest absolute Gasteiger partial charge is 0.416 e. The summed E-state index contributed by atoms with van der Waals surface area (Å²) >= 11 is 0. The molecule has 3 atom stereocenters. The van der Waals surface area contributed by atoms with E-state index in [4.69, 9.17) is 0 Å². The molecule has 0 aliphatic heterocycles. The fraction of sp³-hybridized carbons (Fsp3) is 0.400. The molecule has 32 heavy (non-hydrogen) atoms. The van der Waals surface area contributed by atoms with Crippen molar-refractivity contribution in [1.29, 1.82) is 0 Å². The van der Waals surface area contributed by atoms with Crippen molar-refractivity contribution >= 4 is 17.5 Å². The van der Waals surface area contributed by atoms with Crippen LogP contribution < -0.4 is 5.32 Å². The SMILES string of the molecule is Cc1cc(C)c(C2C(=O)CC(C(C)C(=O)NCc3cccc(C(F)(F)F)c3)C2=O)c(C)c1. The monoisotopic (exact) mass is 445 g/mol. The van der Waals surface area contributed by atoms with Gasteiger partial charge in [-0.2, -0.15) is 13.2 Å². The van der Waals surface area contributed by atoms with Crippen LogP contribution in [0.3, 0.4) is 0 Å². The van der Waals surface area contributed by atoms with Gasteiger partial charge in [0.05, 0.1) is 5.56 Å². The molecule has 0 heterocycles. The van der Waals surface area contributed by atoms with E-state index in [1.807, 2.05) is 32.9 Å². The Balaban J connectivity index is 1.72. The number of halogens is 3. The average molecular weight is 445 g/mol. The van der Waals surface area contributed by atoms with E-state index in [1.54, 1.807) is 6.92 Å². The van der Waals surface area contributed by atoms with Gasteiger partial charge in [-0.1, -0.05) is 36.8 Å². The number of nitrogens with one attached hydrogen (secondary N) is 1. The van der Waals surface area contributed by atoms with Gasteiger partial charge in [0.2, 0.25) is 5.91 Å². The van der Waals surface area contributed by atoms with Crippen LogP contribution >= 0.6 is 0 Å². The van der Waals surface area contributed by atoms with Crippen molar-refractivity contribution in [1.82, 2.24) is 5.32 Å². The van der Waals surface area contributed by atoms with E-state index in [0.717, 1.165) is 28.8 Å².